The monoisotopic (exact) mass is 480 g/mol. The molecule has 35 heavy (non-hydrogen) atoms. The number of aliphatic carboxylic acids is 1. The van der Waals surface area contributed by atoms with Crippen LogP contribution < -0.4 is 10.1 Å². The largest absolute Gasteiger partial charge is 0.490 e. The molecule has 0 aliphatic carbocycles. The van der Waals surface area contributed by atoms with Crippen LogP contribution in [0.4, 0.5) is 18.9 Å². The van der Waals surface area contributed by atoms with Gasteiger partial charge in [-0.05, 0) is 52.2 Å². The number of benzene rings is 3. The second-order valence-electron chi connectivity index (χ2n) is 7.68. The number of aromatic nitrogens is 1. The van der Waals surface area contributed by atoms with Crippen molar-refractivity contribution >= 4 is 28.3 Å². The molecule has 5 rings (SSSR count). The van der Waals surface area contributed by atoms with Crippen molar-refractivity contribution in [3.8, 4) is 16.9 Å². The van der Waals surface area contributed by atoms with E-state index in [1.54, 1.807) is 12.4 Å². The number of nitrogens with one attached hydrogen (secondary N) is 1. The van der Waals surface area contributed by atoms with Gasteiger partial charge in [-0.1, -0.05) is 42.5 Å². The smallest absolute Gasteiger partial charge is 0.480 e. The van der Waals surface area contributed by atoms with Crippen LogP contribution in [0.3, 0.4) is 0 Å². The Morgan fingerprint density at radius 1 is 0.914 bits per heavy atom. The second kappa shape index (κ2) is 9.84. The summed E-state index contributed by atoms with van der Waals surface area (Å²) in [4.78, 5) is 25.7. The highest BCUT2D eigenvalue weighted by molar-refractivity contribution is 5.97. The average Bonchev–Trinajstić information content (AvgIpc) is 3.30. The number of anilines is 1. The van der Waals surface area contributed by atoms with Gasteiger partial charge in [0.15, 0.2) is 6.10 Å². The van der Waals surface area contributed by atoms with Gasteiger partial charge in [-0.2, -0.15) is 13.2 Å². The van der Waals surface area contributed by atoms with Crippen LogP contribution in [0.1, 0.15) is 5.56 Å². The van der Waals surface area contributed by atoms with Gasteiger partial charge in [0.05, 0.1) is 0 Å². The van der Waals surface area contributed by atoms with E-state index in [1.165, 1.54) is 0 Å². The predicted molar refractivity (Wildman–Crippen MR) is 124 cm³/mol. The molecule has 1 aromatic heterocycles. The maximum absolute atomic E-state index is 12.7. The lowest BCUT2D eigenvalue weighted by Crippen LogP contribution is -2.31. The van der Waals surface area contributed by atoms with Gasteiger partial charge in [0.25, 0.3) is 5.91 Å². The van der Waals surface area contributed by atoms with Gasteiger partial charge in [-0.15, -0.1) is 0 Å². The minimum atomic E-state index is -5.08. The van der Waals surface area contributed by atoms with Gasteiger partial charge in [-0.3, -0.25) is 9.78 Å². The summed E-state index contributed by atoms with van der Waals surface area (Å²) in [7, 11) is 0. The Morgan fingerprint density at radius 2 is 1.54 bits per heavy atom. The van der Waals surface area contributed by atoms with Crippen LogP contribution in [0.15, 0.2) is 85.2 Å². The summed E-state index contributed by atoms with van der Waals surface area (Å²) >= 11 is 0. The zero-order chi connectivity index (χ0) is 25.0. The van der Waals surface area contributed by atoms with Crippen LogP contribution in [0.5, 0.6) is 5.75 Å². The summed E-state index contributed by atoms with van der Waals surface area (Å²) in [5.74, 6) is -2.09. The zero-order valence-corrected chi connectivity index (χ0v) is 18.1. The molecule has 1 aliphatic rings. The van der Waals surface area contributed by atoms with Crippen LogP contribution in [-0.4, -0.2) is 34.2 Å². The number of carbonyl (C=O) groups excluding carboxylic acids is 1. The Labute approximate surface area is 198 Å². The lowest BCUT2D eigenvalue weighted by atomic mass is 10.0. The highest BCUT2D eigenvalue weighted by atomic mass is 19.4. The third kappa shape index (κ3) is 5.57. The molecule has 0 bridgehead atoms. The first-order chi connectivity index (χ1) is 16.7. The summed E-state index contributed by atoms with van der Waals surface area (Å²) < 4.78 is 37.7. The van der Waals surface area contributed by atoms with Crippen molar-refractivity contribution in [2.24, 2.45) is 0 Å². The minimum Gasteiger partial charge on any atom is -0.480 e. The number of hydrogen-bond donors (Lipinski definition) is 2. The molecule has 1 atom stereocenters. The summed E-state index contributed by atoms with van der Waals surface area (Å²) in [5, 5.41) is 12.4. The van der Waals surface area contributed by atoms with Gasteiger partial charge in [0.1, 0.15) is 5.75 Å². The average molecular weight is 480 g/mol. The first-order valence-corrected chi connectivity index (χ1v) is 10.5. The van der Waals surface area contributed by atoms with E-state index in [9.17, 15) is 18.0 Å². The molecule has 0 fully saturated rings. The van der Waals surface area contributed by atoms with Crippen LogP contribution in [0, 0.1) is 0 Å². The van der Waals surface area contributed by atoms with Gasteiger partial charge in [0.2, 0.25) is 0 Å². The maximum atomic E-state index is 12.7. The second-order valence-corrected chi connectivity index (χ2v) is 7.68. The lowest BCUT2D eigenvalue weighted by Gasteiger charge is -2.12. The van der Waals surface area contributed by atoms with Crippen molar-refractivity contribution in [2.75, 3.05) is 5.32 Å². The van der Waals surface area contributed by atoms with Crippen LogP contribution >= 0.6 is 0 Å². The van der Waals surface area contributed by atoms with E-state index in [4.69, 9.17) is 14.6 Å². The van der Waals surface area contributed by atoms with E-state index in [2.05, 4.69) is 22.4 Å². The van der Waals surface area contributed by atoms with Crippen molar-refractivity contribution in [1.29, 1.82) is 0 Å². The molecule has 0 saturated heterocycles. The number of rotatable bonds is 3. The summed E-state index contributed by atoms with van der Waals surface area (Å²) in [6, 6.07) is 23.9. The Morgan fingerprint density at radius 3 is 2.20 bits per heavy atom. The number of nitrogens with zero attached hydrogens (tertiary/aromatic N) is 1. The fourth-order valence-corrected chi connectivity index (χ4v) is 3.68. The standard InChI is InChI=1S/C24H18N2O2.C2HF3O2/c27-24(26-19-8-5-16(6-9-19)17-11-13-25-14-12-17)23-15-21-20-4-2-1-3-18(20)7-10-22(21)28-23;3-2(4,5)1(6)7/h1-14,23H,15H2,(H,26,27);(H,6,7). The molecule has 1 amide bonds. The van der Waals surface area contributed by atoms with E-state index < -0.39 is 18.2 Å². The van der Waals surface area contributed by atoms with Crippen LogP contribution in [0.25, 0.3) is 21.9 Å². The van der Waals surface area contributed by atoms with E-state index in [0.29, 0.717) is 6.42 Å². The summed E-state index contributed by atoms with van der Waals surface area (Å²) in [6.45, 7) is 0. The molecule has 1 unspecified atom stereocenters. The molecule has 0 saturated carbocycles. The highest BCUT2D eigenvalue weighted by Gasteiger charge is 2.38. The number of ether oxygens (including phenoxy) is 1. The van der Waals surface area contributed by atoms with Gasteiger partial charge < -0.3 is 15.2 Å². The van der Waals surface area contributed by atoms with Gasteiger partial charge >= 0.3 is 12.1 Å². The predicted octanol–water partition coefficient (Wildman–Crippen LogP) is 5.48. The maximum Gasteiger partial charge on any atom is 0.490 e. The van der Waals surface area contributed by atoms with E-state index in [0.717, 1.165) is 38.9 Å². The molecule has 178 valence electrons. The molecular weight excluding hydrogens is 461 g/mol. The molecule has 1 aliphatic heterocycles. The molecule has 6 nitrogen and oxygen atoms in total. The Hall–Kier alpha value is -4.40. The lowest BCUT2D eigenvalue weighted by molar-refractivity contribution is -0.192. The quantitative estimate of drug-likeness (QED) is 0.406. The zero-order valence-electron chi connectivity index (χ0n) is 18.1. The third-order valence-electron chi connectivity index (χ3n) is 5.36. The topological polar surface area (TPSA) is 88.5 Å². The van der Waals surface area contributed by atoms with Crippen molar-refractivity contribution in [3.63, 3.8) is 0 Å². The first kappa shape index (κ1) is 23.7. The number of pyridine rings is 1. The molecule has 4 aromatic rings. The van der Waals surface area contributed by atoms with Gasteiger partial charge in [0, 0.05) is 30.1 Å². The van der Waals surface area contributed by atoms with Crippen LogP contribution in [-0.2, 0) is 16.0 Å². The minimum absolute atomic E-state index is 0.128. The van der Waals surface area contributed by atoms with Gasteiger partial charge in [-0.25, -0.2) is 4.79 Å². The number of halogens is 3. The molecule has 0 spiro atoms. The number of hydrogen-bond acceptors (Lipinski definition) is 4. The van der Waals surface area contributed by atoms with E-state index in [1.807, 2.05) is 60.7 Å². The highest BCUT2D eigenvalue weighted by Crippen LogP contribution is 2.35. The number of carboxylic acids is 1. The molecule has 3 aromatic carbocycles. The molecule has 0 radical (unpaired) electrons. The third-order valence-corrected chi connectivity index (χ3v) is 5.36. The Bertz CT molecular complexity index is 1360. The Balaban J connectivity index is 0.000000364. The molecular formula is C26H19F3N2O4. The van der Waals surface area contributed by atoms with E-state index in [-0.39, 0.29) is 5.91 Å². The number of carbonyl (C=O) groups is 2. The SMILES string of the molecule is O=C(Nc1ccc(-c2ccncc2)cc1)C1Cc2c(ccc3ccccc23)O1.O=C(O)C(F)(F)F. The van der Waals surface area contributed by atoms with Crippen molar-refractivity contribution in [2.45, 2.75) is 18.7 Å². The van der Waals surface area contributed by atoms with Crippen molar-refractivity contribution in [1.82, 2.24) is 4.98 Å². The fraction of sp³-hybridized carbons (Fsp3) is 0.115. The summed E-state index contributed by atoms with van der Waals surface area (Å²) in [5.41, 5.74) is 4.03. The van der Waals surface area contributed by atoms with Crippen molar-refractivity contribution in [3.05, 3.63) is 90.8 Å². The molecule has 9 heteroatoms. The number of carboxylic acid groups (broad SMARTS) is 1. The van der Waals surface area contributed by atoms with E-state index >= 15 is 0 Å². The number of amides is 1. The normalized spacial score (nSPS) is 14.3. The van der Waals surface area contributed by atoms with Crippen molar-refractivity contribution < 1.29 is 32.6 Å². The molecule has 2 heterocycles. The summed E-state index contributed by atoms with van der Waals surface area (Å²) in [6.07, 6.45) is -1.48. The first-order valence-electron chi connectivity index (χ1n) is 10.5. The Kier molecular flexibility index (Phi) is 6.68. The number of fused-ring (bicyclic) bond motifs is 3. The number of alkyl halides is 3. The fourth-order valence-electron chi connectivity index (χ4n) is 3.68. The van der Waals surface area contributed by atoms with Crippen LogP contribution in [0.2, 0.25) is 0 Å². The molecule has 2 N–H and O–H groups in total.